The van der Waals surface area contributed by atoms with E-state index in [1.54, 1.807) is 0 Å². The molecule has 0 radical (unpaired) electrons. The van der Waals surface area contributed by atoms with Crippen molar-refractivity contribution in [3.8, 4) is 0 Å². The number of hydrogen-bond acceptors (Lipinski definition) is 2. The van der Waals surface area contributed by atoms with Crippen LogP contribution in [0.2, 0.25) is 5.15 Å². The predicted molar refractivity (Wildman–Crippen MR) is 75.7 cm³/mol. The third-order valence-corrected chi connectivity index (χ3v) is 3.56. The van der Waals surface area contributed by atoms with E-state index >= 15 is 0 Å². The largest absolute Gasteiger partial charge is 0.298 e. The average molecular weight is 262 g/mol. The van der Waals surface area contributed by atoms with Crippen LogP contribution in [0.1, 0.15) is 46.8 Å². The highest BCUT2D eigenvalue weighted by Gasteiger charge is 2.18. The quantitative estimate of drug-likeness (QED) is 0.591. The van der Waals surface area contributed by atoms with Gasteiger partial charge in [-0.3, -0.25) is 4.79 Å². The van der Waals surface area contributed by atoms with Gasteiger partial charge in [0.15, 0.2) is 6.29 Å². The molecule has 0 saturated carbocycles. The maximum atomic E-state index is 11.3. The maximum absolute atomic E-state index is 11.3. The molecule has 0 bridgehead atoms. The molecule has 0 saturated heterocycles. The van der Waals surface area contributed by atoms with E-state index in [0.717, 1.165) is 33.9 Å². The number of aldehydes is 1. The molecular weight excluding hydrogens is 246 g/mol. The van der Waals surface area contributed by atoms with E-state index in [1.807, 2.05) is 19.9 Å². The Morgan fingerprint density at radius 2 is 1.83 bits per heavy atom. The second kappa shape index (κ2) is 4.69. The molecule has 1 aromatic heterocycles. The Morgan fingerprint density at radius 3 is 2.39 bits per heavy atom. The van der Waals surface area contributed by atoms with Gasteiger partial charge in [0.25, 0.3) is 0 Å². The van der Waals surface area contributed by atoms with E-state index in [0.29, 0.717) is 10.7 Å². The zero-order valence-corrected chi connectivity index (χ0v) is 11.8. The lowest BCUT2D eigenvalue weighted by molar-refractivity contribution is 0.112. The molecule has 94 valence electrons. The van der Waals surface area contributed by atoms with Crippen LogP contribution in [0.3, 0.4) is 0 Å². The van der Waals surface area contributed by atoms with Crippen molar-refractivity contribution in [2.24, 2.45) is 0 Å². The number of fused-ring (bicyclic) bond motifs is 1. The highest BCUT2D eigenvalue weighted by atomic mass is 35.5. The number of carbonyl (C=O) groups excluding carboxylic acids is 1. The third-order valence-electron chi connectivity index (χ3n) is 3.27. The van der Waals surface area contributed by atoms with Crippen molar-refractivity contribution in [3.05, 3.63) is 39.5 Å². The Bertz CT molecular complexity index is 632. The van der Waals surface area contributed by atoms with Crippen LogP contribution < -0.4 is 0 Å². The Morgan fingerprint density at radius 1 is 1.22 bits per heavy atom. The van der Waals surface area contributed by atoms with Gasteiger partial charge >= 0.3 is 0 Å². The van der Waals surface area contributed by atoms with Gasteiger partial charge in [0.1, 0.15) is 5.15 Å². The first-order chi connectivity index (χ1) is 8.47. The first kappa shape index (κ1) is 13.0. The fraction of sp³-hybridized carbons (Fsp3) is 0.333. The molecule has 0 N–H and O–H groups in total. The minimum atomic E-state index is 0.230. The number of hydrogen-bond donors (Lipinski definition) is 0. The predicted octanol–water partition coefficient (Wildman–Crippen LogP) is 4.44. The highest BCUT2D eigenvalue weighted by Crippen LogP contribution is 2.34. The topological polar surface area (TPSA) is 30.0 Å². The lowest BCUT2D eigenvalue weighted by Crippen LogP contribution is -2.03. The molecule has 0 atom stereocenters. The van der Waals surface area contributed by atoms with Gasteiger partial charge in [-0.05, 0) is 36.5 Å². The number of aryl methyl sites for hydroxylation is 2. The second-order valence-corrected chi connectivity index (χ2v) is 5.28. The van der Waals surface area contributed by atoms with E-state index in [4.69, 9.17) is 11.6 Å². The van der Waals surface area contributed by atoms with Crippen LogP contribution in [0, 0.1) is 13.8 Å². The second-order valence-electron chi connectivity index (χ2n) is 4.93. The van der Waals surface area contributed by atoms with Crippen LogP contribution in [-0.2, 0) is 0 Å². The van der Waals surface area contributed by atoms with E-state index in [-0.39, 0.29) is 5.92 Å². The first-order valence-corrected chi connectivity index (χ1v) is 6.39. The molecule has 2 rings (SSSR count). The van der Waals surface area contributed by atoms with Crippen molar-refractivity contribution in [1.82, 2.24) is 4.98 Å². The number of carbonyl (C=O) groups is 1. The van der Waals surface area contributed by atoms with Gasteiger partial charge in [0, 0.05) is 5.39 Å². The van der Waals surface area contributed by atoms with Gasteiger partial charge in [-0.25, -0.2) is 4.98 Å². The number of rotatable bonds is 2. The molecule has 0 aliphatic carbocycles. The standard InChI is InChI=1S/C15H16ClNO/c1-8(2)12-11(7-18)15(16)17-14-10(4)6-5-9(3)13(12)14/h5-8H,1-4H3. The summed E-state index contributed by atoms with van der Waals surface area (Å²) in [5.41, 5.74) is 4.63. The molecule has 0 aliphatic rings. The van der Waals surface area contributed by atoms with Crippen LogP contribution in [-0.4, -0.2) is 11.3 Å². The van der Waals surface area contributed by atoms with Gasteiger partial charge in [-0.2, -0.15) is 0 Å². The SMILES string of the molecule is Cc1ccc(C)c2c(C(C)C)c(C=O)c(Cl)nc12. The molecule has 0 fully saturated rings. The zero-order valence-electron chi connectivity index (χ0n) is 11.0. The summed E-state index contributed by atoms with van der Waals surface area (Å²) in [7, 11) is 0. The number of benzene rings is 1. The molecule has 2 aromatic rings. The van der Waals surface area contributed by atoms with E-state index in [2.05, 4.69) is 24.9 Å². The Balaban J connectivity index is 3.06. The zero-order chi connectivity index (χ0) is 13.4. The smallest absolute Gasteiger partial charge is 0.153 e. The van der Waals surface area contributed by atoms with Crippen LogP contribution in [0.25, 0.3) is 10.9 Å². The Kier molecular flexibility index (Phi) is 3.40. The van der Waals surface area contributed by atoms with Crippen LogP contribution in [0.5, 0.6) is 0 Å². The van der Waals surface area contributed by atoms with Crippen molar-refractivity contribution in [2.75, 3.05) is 0 Å². The minimum Gasteiger partial charge on any atom is -0.298 e. The van der Waals surface area contributed by atoms with Gasteiger partial charge in [0.2, 0.25) is 0 Å². The summed E-state index contributed by atoms with van der Waals surface area (Å²) in [6.07, 6.45) is 0.811. The van der Waals surface area contributed by atoms with Crippen molar-refractivity contribution in [2.45, 2.75) is 33.6 Å². The molecule has 1 aromatic carbocycles. The molecule has 0 amide bonds. The fourth-order valence-electron chi connectivity index (χ4n) is 2.40. The van der Waals surface area contributed by atoms with Crippen molar-refractivity contribution >= 4 is 28.8 Å². The molecule has 1 heterocycles. The van der Waals surface area contributed by atoms with Crippen molar-refractivity contribution in [3.63, 3.8) is 0 Å². The minimum absolute atomic E-state index is 0.230. The number of halogens is 1. The summed E-state index contributed by atoms with van der Waals surface area (Å²) >= 11 is 6.13. The number of aromatic nitrogens is 1. The molecule has 3 heteroatoms. The van der Waals surface area contributed by atoms with Crippen LogP contribution >= 0.6 is 11.6 Å². The Labute approximate surface area is 112 Å². The molecule has 2 nitrogen and oxygen atoms in total. The lowest BCUT2D eigenvalue weighted by Gasteiger charge is -2.16. The summed E-state index contributed by atoms with van der Waals surface area (Å²) < 4.78 is 0. The number of nitrogens with zero attached hydrogens (tertiary/aromatic N) is 1. The van der Waals surface area contributed by atoms with Gasteiger partial charge in [0.05, 0.1) is 11.1 Å². The Hall–Kier alpha value is -1.41. The molecule has 18 heavy (non-hydrogen) atoms. The van der Waals surface area contributed by atoms with E-state index < -0.39 is 0 Å². The number of pyridine rings is 1. The van der Waals surface area contributed by atoms with Crippen molar-refractivity contribution < 1.29 is 4.79 Å². The van der Waals surface area contributed by atoms with Gasteiger partial charge < -0.3 is 0 Å². The monoisotopic (exact) mass is 261 g/mol. The summed E-state index contributed by atoms with van der Waals surface area (Å²) in [5.74, 6) is 0.230. The van der Waals surface area contributed by atoms with Crippen LogP contribution in [0.4, 0.5) is 0 Å². The molecule has 0 aliphatic heterocycles. The third kappa shape index (κ3) is 1.91. The molecular formula is C15H16ClNO. The summed E-state index contributed by atoms with van der Waals surface area (Å²) in [6, 6.07) is 4.10. The molecule has 0 unspecified atom stereocenters. The molecule has 0 spiro atoms. The van der Waals surface area contributed by atoms with Gasteiger partial charge in [-0.15, -0.1) is 0 Å². The first-order valence-electron chi connectivity index (χ1n) is 6.01. The highest BCUT2D eigenvalue weighted by molar-refractivity contribution is 6.32. The van der Waals surface area contributed by atoms with Crippen LogP contribution in [0.15, 0.2) is 12.1 Å². The summed E-state index contributed by atoms with van der Waals surface area (Å²) in [6.45, 7) is 8.19. The van der Waals surface area contributed by atoms with Crippen molar-refractivity contribution in [1.29, 1.82) is 0 Å². The maximum Gasteiger partial charge on any atom is 0.153 e. The normalized spacial score (nSPS) is 11.2. The fourth-order valence-corrected chi connectivity index (χ4v) is 2.63. The average Bonchev–Trinajstić information content (AvgIpc) is 2.32. The summed E-state index contributed by atoms with van der Waals surface area (Å²) in [5, 5.41) is 1.37. The van der Waals surface area contributed by atoms with E-state index in [1.165, 1.54) is 0 Å². The van der Waals surface area contributed by atoms with Gasteiger partial charge in [-0.1, -0.05) is 37.6 Å². The van der Waals surface area contributed by atoms with E-state index in [9.17, 15) is 4.79 Å². The summed E-state index contributed by atoms with van der Waals surface area (Å²) in [4.78, 5) is 15.7. The lowest BCUT2D eigenvalue weighted by atomic mass is 9.91.